The van der Waals surface area contributed by atoms with E-state index in [4.69, 9.17) is 16.3 Å². The lowest BCUT2D eigenvalue weighted by Crippen LogP contribution is -3.09. The number of carbonyl (C=O) groups is 1. The standard InChI is InChI=1S/C16H19ClN4O3/c1-20(10-15(22)21-4-6-24-7-5-21)9-14-18-13-8-11(17)2-3-12(13)16(23)19-14/h2-3,8H,4-7,9-10H2,1H3,(H,18,19,23)/p+1. The van der Waals surface area contributed by atoms with Gasteiger partial charge in [0.2, 0.25) is 0 Å². The number of hydrogen-bond acceptors (Lipinski definition) is 4. The highest BCUT2D eigenvalue weighted by Crippen LogP contribution is 2.14. The van der Waals surface area contributed by atoms with Gasteiger partial charge in [0.05, 0.1) is 31.2 Å². The van der Waals surface area contributed by atoms with E-state index >= 15 is 0 Å². The van der Waals surface area contributed by atoms with Crippen LogP contribution in [0.4, 0.5) is 0 Å². The van der Waals surface area contributed by atoms with Crippen molar-refractivity contribution in [3.8, 4) is 0 Å². The monoisotopic (exact) mass is 351 g/mol. The Labute approximate surface area is 144 Å². The van der Waals surface area contributed by atoms with Crippen LogP contribution in [0.2, 0.25) is 5.02 Å². The van der Waals surface area contributed by atoms with Crippen LogP contribution in [0.5, 0.6) is 0 Å². The van der Waals surface area contributed by atoms with E-state index < -0.39 is 0 Å². The molecule has 1 unspecified atom stereocenters. The van der Waals surface area contributed by atoms with E-state index in [1.54, 1.807) is 18.2 Å². The number of rotatable bonds is 4. The number of fused-ring (bicyclic) bond motifs is 1. The average molecular weight is 352 g/mol. The molecule has 2 N–H and O–H groups in total. The van der Waals surface area contributed by atoms with Gasteiger partial charge in [0.1, 0.15) is 6.54 Å². The summed E-state index contributed by atoms with van der Waals surface area (Å²) in [5, 5.41) is 1.04. The molecular weight excluding hydrogens is 332 g/mol. The molecule has 8 heteroatoms. The molecule has 0 saturated carbocycles. The minimum absolute atomic E-state index is 0.0852. The number of aromatic amines is 1. The van der Waals surface area contributed by atoms with Crippen molar-refractivity contribution in [3.63, 3.8) is 0 Å². The van der Waals surface area contributed by atoms with Crippen molar-refractivity contribution in [1.29, 1.82) is 0 Å². The third-order valence-electron chi connectivity index (χ3n) is 4.00. The van der Waals surface area contributed by atoms with Gasteiger partial charge in [0.25, 0.3) is 11.5 Å². The van der Waals surface area contributed by atoms with E-state index in [0.29, 0.717) is 61.1 Å². The highest BCUT2D eigenvalue weighted by molar-refractivity contribution is 6.31. The maximum Gasteiger partial charge on any atom is 0.277 e. The topological polar surface area (TPSA) is 79.7 Å². The van der Waals surface area contributed by atoms with Crippen molar-refractivity contribution in [2.45, 2.75) is 6.54 Å². The Morgan fingerprint density at radius 1 is 1.42 bits per heavy atom. The van der Waals surface area contributed by atoms with Gasteiger partial charge in [-0.2, -0.15) is 0 Å². The molecule has 2 heterocycles. The maximum atomic E-state index is 12.3. The second-order valence-corrected chi connectivity index (χ2v) is 6.41. The van der Waals surface area contributed by atoms with Gasteiger partial charge in [-0.15, -0.1) is 0 Å². The van der Waals surface area contributed by atoms with Crippen molar-refractivity contribution in [1.82, 2.24) is 14.9 Å². The van der Waals surface area contributed by atoms with Gasteiger partial charge in [-0.05, 0) is 18.2 Å². The number of halogens is 1. The fourth-order valence-corrected chi connectivity index (χ4v) is 2.94. The third-order valence-corrected chi connectivity index (χ3v) is 4.24. The van der Waals surface area contributed by atoms with E-state index in [1.807, 2.05) is 11.9 Å². The Morgan fingerprint density at radius 2 is 2.17 bits per heavy atom. The molecule has 0 radical (unpaired) electrons. The molecule has 1 aromatic heterocycles. The number of quaternary nitrogens is 1. The van der Waals surface area contributed by atoms with Crippen LogP contribution in [0.25, 0.3) is 10.9 Å². The molecule has 3 rings (SSSR count). The SMILES string of the molecule is C[NH+](CC(=O)N1CCOCC1)Cc1nc2cc(Cl)ccc2c(=O)[nH]1. The Kier molecular flexibility index (Phi) is 5.13. The lowest BCUT2D eigenvalue weighted by Gasteiger charge is -2.27. The minimum atomic E-state index is -0.195. The first-order valence-electron chi connectivity index (χ1n) is 7.88. The number of likely N-dealkylation sites (N-methyl/N-ethyl adjacent to an activating group) is 1. The summed E-state index contributed by atoms with van der Waals surface area (Å²) in [6.07, 6.45) is 0. The highest BCUT2D eigenvalue weighted by Gasteiger charge is 2.20. The Morgan fingerprint density at radius 3 is 2.92 bits per heavy atom. The van der Waals surface area contributed by atoms with Crippen LogP contribution in [0.1, 0.15) is 5.82 Å². The fourth-order valence-electron chi connectivity index (χ4n) is 2.78. The number of nitrogens with zero attached hydrogens (tertiary/aromatic N) is 2. The van der Waals surface area contributed by atoms with E-state index in [0.717, 1.165) is 4.90 Å². The molecule has 1 aliphatic rings. The molecule has 0 spiro atoms. The van der Waals surface area contributed by atoms with Crippen molar-refractivity contribution in [3.05, 3.63) is 39.4 Å². The zero-order chi connectivity index (χ0) is 17.1. The lowest BCUT2D eigenvalue weighted by atomic mass is 10.2. The maximum absolute atomic E-state index is 12.3. The quantitative estimate of drug-likeness (QED) is 0.774. The zero-order valence-corrected chi connectivity index (χ0v) is 14.2. The summed E-state index contributed by atoms with van der Waals surface area (Å²) in [4.78, 5) is 34.4. The van der Waals surface area contributed by atoms with Crippen LogP contribution in [-0.4, -0.2) is 60.7 Å². The largest absolute Gasteiger partial charge is 0.378 e. The van der Waals surface area contributed by atoms with Gasteiger partial charge < -0.3 is 19.5 Å². The van der Waals surface area contributed by atoms with Crippen LogP contribution in [0.15, 0.2) is 23.0 Å². The van der Waals surface area contributed by atoms with E-state index in [-0.39, 0.29) is 11.5 Å². The molecule has 7 nitrogen and oxygen atoms in total. The van der Waals surface area contributed by atoms with E-state index in [2.05, 4.69) is 9.97 Å². The number of amides is 1. The molecule has 24 heavy (non-hydrogen) atoms. The van der Waals surface area contributed by atoms with Crippen LogP contribution >= 0.6 is 11.6 Å². The second kappa shape index (κ2) is 7.29. The normalized spacial score (nSPS) is 16.3. The predicted octanol–water partition coefficient (Wildman–Crippen LogP) is -0.550. The summed E-state index contributed by atoms with van der Waals surface area (Å²) >= 11 is 5.97. The Balaban J connectivity index is 1.69. The number of hydrogen-bond donors (Lipinski definition) is 2. The Hall–Kier alpha value is -1.96. The zero-order valence-electron chi connectivity index (χ0n) is 13.5. The number of carbonyl (C=O) groups excluding carboxylic acids is 1. The number of H-pyrrole nitrogens is 1. The Bertz CT molecular complexity index is 801. The van der Waals surface area contributed by atoms with Crippen molar-refractivity contribution in [2.24, 2.45) is 0 Å². The molecule has 1 aromatic carbocycles. The highest BCUT2D eigenvalue weighted by atomic mass is 35.5. The van der Waals surface area contributed by atoms with Crippen molar-refractivity contribution < 1.29 is 14.4 Å². The van der Waals surface area contributed by atoms with Gasteiger partial charge in [-0.1, -0.05) is 11.6 Å². The molecular formula is C16H20ClN4O3+. The van der Waals surface area contributed by atoms with Crippen molar-refractivity contribution >= 4 is 28.4 Å². The summed E-state index contributed by atoms with van der Waals surface area (Å²) in [6, 6.07) is 4.99. The van der Waals surface area contributed by atoms with E-state index in [1.165, 1.54) is 0 Å². The molecule has 128 valence electrons. The average Bonchev–Trinajstić information content (AvgIpc) is 2.55. The summed E-state index contributed by atoms with van der Waals surface area (Å²) in [7, 11) is 1.90. The summed E-state index contributed by atoms with van der Waals surface area (Å²) in [6.45, 7) is 3.24. The minimum Gasteiger partial charge on any atom is -0.378 e. The first-order chi connectivity index (χ1) is 11.5. The van der Waals surface area contributed by atoms with Crippen LogP contribution in [0, 0.1) is 0 Å². The van der Waals surface area contributed by atoms with Gasteiger partial charge in [-0.25, -0.2) is 4.98 Å². The molecule has 0 bridgehead atoms. The van der Waals surface area contributed by atoms with Crippen LogP contribution in [-0.2, 0) is 16.1 Å². The van der Waals surface area contributed by atoms with Crippen LogP contribution in [0.3, 0.4) is 0 Å². The summed E-state index contributed by atoms with van der Waals surface area (Å²) < 4.78 is 5.25. The van der Waals surface area contributed by atoms with Gasteiger partial charge >= 0.3 is 0 Å². The van der Waals surface area contributed by atoms with Crippen molar-refractivity contribution in [2.75, 3.05) is 39.9 Å². The van der Waals surface area contributed by atoms with Gasteiger partial charge in [0.15, 0.2) is 12.4 Å². The molecule has 2 aromatic rings. The molecule has 1 amide bonds. The first kappa shape index (κ1) is 16.9. The lowest BCUT2D eigenvalue weighted by molar-refractivity contribution is -0.886. The fraction of sp³-hybridized carbons (Fsp3) is 0.438. The number of ether oxygens (including phenoxy) is 1. The van der Waals surface area contributed by atoms with Crippen LogP contribution < -0.4 is 10.5 Å². The molecule has 0 aliphatic carbocycles. The third kappa shape index (κ3) is 3.92. The molecule has 1 saturated heterocycles. The predicted molar refractivity (Wildman–Crippen MR) is 90.2 cm³/mol. The smallest absolute Gasteiger partial charge is 0.277 e. The number of morpholine rings is 1. The first-order valence-corrected chi connectivity index (χ1v) is 8.26. The second-order valence-electron chi connectivity index (χ2n) is 5.98. The number of benzene rings is 1. The number of nitrogens with one attached hydrogen (secondary N) is 2. The molecule has 1 fully saturated rings. The van der Waals surface area contributed by atoms with Gasteiger partial charge in [0, 0.05) is 18.1 Å². The number of aromatic nitrogens is 2. The molecule has 1 aliphatic heterocycles. The molecule has 1 atom stereocenters. The summed E-state index contributed by atoms with van der Waals surface area (Å²) in [5.74, 6) is 0.629. The van der Waals surface area contributed by atoms with E-state index in [9.17, 15) is 9.59 Å². The summed E-state index contributed by atoms with van der Waals surface area (Å²) in [5.41, 5.74) is 0.368. The van der Waals surface area contributed by atoms with Gasteiger partial charge in [-0.3, -0.25) is 9.59 Å².